The molecule has 0 aromatic heterocycles. The molecule has 1 saturated heterocycles. The van der Waals surface area contributed by atoms with Crippen LogP contribution in [-0.2, 0) is 4.74 Å². The molecule has 1 aliphatic heterocycles. The molecule has 0 bridgehead atoms. The van der Waals surface area contributed by atoms with Crippen molar-refractivity contribution in [2.45, 2.75) is 25.4 Å². The number of nitrogens with one attached hydrogen (secondary N) is 2. The molecule has 0 saturated carbocycles. The average Bonchev–Trinajstić information content (AvgIpc) is 2.76. The Labute approximate surface area is 108 Å². The van der Waals surface area contributed by atoms with Crippen molar-refractivity contribution < 1.29 is 4.74 Å². The van der Waals surface area contributed by atoms with Gasteiger partial charge in [0.1, 0.15) is 0 Å². The van der Waals surface area contributed by atoms with Gasteiger partial charge in [-0.2, -0.15) is 0 Å². The zero-order valence-electron chi connectivity index (χ0n) is 10.0. The molecule has 2 N–H and O–H groups in total. The van der Waals surface area contributed by atoms with Crippen molar-refractivity contribution >= 4 is 23.0 Å². The Morgan fingerprint density at radius 3 is 2.82 bits per heavy atom. The standard InChI is InChI=1S/C13H18N2OS/c1-13(8-5-9-16-13)10-14-12(17)15-11-6-3-2-4-7-11/h2-4,6-7H,5,8-10H2,1H3,(H2,14,15,17). The Bertz CT molecular complexity index is 374. The first-order chi connectivity index (χ1) is 8.18. The molecular weight excluding hydrogens is 232 g/mol. The van der Waals surface area contributed by atoms with Gasteiger partial charge in [0.05, 0.1) is 5.60 Å². The predicted octanol–water partition coefficient (Wildman–Crippen LogP) is 2.54. The molecule has 3 nitrogen and oxygen atoms in total. The van der Waals surface area contributed by atoms with E-state index < -0.39 is 0 Å². The smallest absolute Gasteiger partial charge is 0.170 e. The van der Waals surface area contributed by atoms with Gasteiger partial charge in [-0.3, -0.25) is 0 Å². The van der Waals surface area contributed by atoms with Gasteiger partial charge >= 0.3 is 0 Å². The summed E-state index contributed by atoms with van der Waals surface area (Å²) in [6, 6.07) is 9.91. The second-order valence-electron chi connectivity index (χ2n) is 4.58. The summed E-state index contributed by atoms with van der Waals surface area (Å²) in [5, 5.41) is 7.00. The number of rotatable bonds is 3. The Balaban J connectivity index is 1.78. The van der Waals surface area contributed by atoms with E-state index in [0.717, 1.165) is 31.7 Å². The van der Waals surface area contributed by atoms with Crippen LogP contribution in [0.25, 0.3) is 0 Å². The molecule has 0 radical (unpaired) electrons. The fourth-order valence-corrected chi connectivity index (χ4v) is 2.13. The maximum Gasteiger partial charge on any atom is 0.170 e. The third kappa shape index (κ3) is 3.68. The minimum absolute atomic E-state index is 0.0670. The van der Waals surface area contributed by atoms with Crippen molar-refractivity contribution in [1.29, 1.82) is 0 Å². The van der Waals surface area contributed by atoms with Crippen LogP contribution < -0.4 is 10.6 Å². The lowest BCUT2D eigenvalue weighted by Gasteiger charge is -2.24. The van der Waals surface area contributed by atoms with Gasteiger partial charge in [0, 0.05) is 18.8 Å². The van der Waals surface area contributed by atoms with Gasteiger partial charge in [-0.25, -0.2) is 0 Å². The molecular formula is C13H18N2OS. The van der Waals surface area contributed by atoms with Crippen molar-refractivity contribution in [3.63, 3.8) is 0 Å². The number of hydrogen-bond acceptors (Lipinski definition) is 2. The summed E-state index contributed by atoms with van der Waals surface area (Å²) in [5.41, 5.74) is 0.935. The molecule has 2 rings (SSSR count). The molecule has 4 heteroatoms. The molecule has 0 amide bonds. The first-order valence-corrected chi connectivity index (χ1v) is 6.33. The molecule has 1 fully saturated rings. The van der Waals surface area contributed by atoms with Crippen molar-refractivity contribution in [3.8, 4) is 0 Å². The minimum Gasteiger partial charge on any atom is -0.373 e. The second kappa shape index (κ2) is 5.47. The molecule has 1 aliphatic rings. The summed E-state index contributed by atoms with van der Waals surface area (Å²) >= 11 is 5.24. The van der Waals surface area contributed by atoms with Crippen LogP contribution in [0.2, 0.25) is 0 Å². The fourth-order valence-electron chi connectivity index (χ4n) is 1.94. The zero-order valence-corrected chi connectivity index (χ0v) is 10.8. The zero-order chi connectivity index (χ0) is 12.1. The van der Waals surface area contributed by atoms with E-state index in [0.29, 0.717) is 5.11 Å². The molecule has 92 valence electrons. The number of ether oxygens (including phenoxy) is 1. The highest BCUT2D eigenvalue weighted by Gasteiger charge is 2.29. The lowest BCUT2D eigenvalue weighted by Crippen LogP contribution is -2.41. The van der Waals surface area contributed by atoms with Crippen LogP contribution in [0.4, 0.5) is 5.69 Å². The molecule has 1 atom stereocenters. The Morgan fingerprint density at radius 1 is 1.41 bits per heavy atom. The van der Waals surface area contributed by atoms with Gasteiger partial charge in [-0.05, 0) is 44.1 Å². The summed E-state index contributed by atoms with van der Waals surface area (Å²) in [6.07, 6.45) is 2.23. The Hall–Kier alpha value is -1.13. The van der Waals surface area contributed by atoms with Crippen molar-refractivity contribution in [2.24, 2.45) is 0 Å². The summed E-state index contributed by atoms with van der Waals surface area (Å²) in [7, 11) is 0. The van der Waals surface area contributed by atoms with Crippen LogP contribution in [-0.4, -0.2) is 23.9 Å². The molecule has 1 unspecified atom stereocenters. The largest absolute Gasteiger partial charge is 0.373 e. The minimum atomic E-state index is -0.0670. The quantitative estimate of drug-likeness (QED) is 0.808. The van der Waals surface area contributed by atoms with E-state index in [1.165, 1.54) is 0 Å². The van der Waals surface area contributed by atoms with Gasteiger partial charge in [0.2, 0.25) is 0 Å². The number of thiocarbonyl (C=S) groups is 1. The Morgan fingerprint density at radius 2 is 2.18 bits per heavy atom. The third-order valence-corrected chi connectivity index (χ3v) is 3.20. The number of anilines is 1. The highest BCUT2D eigenvalue weighted by molar-refractivity contribution is 7.80. The first-order valence-electron chi connectivity index (χ1n) is 5.92. The summed E-state index contributed by atoms with van der Waals surface area (Å²) in [6.45, 7) is 3.74. The van der Waals surface area contributed by atoms with E-state index in [4.69, 9.17) is 17.0 Å². The van der Waals surface area contributed by atoms with Crippen molar-refractivity contribution in [3.05, 3.63) is 30.3 Å². The van der Waals surface area contributed by atoms with Crippen LogP contribution >= 0.6 is 12.2 Å². The van der Waals surface area contributed by atoms with E-state index in [2.05, 4.69) is 17.6 Å². The normalized spacial score (nSPS) is 23.4. The van der Waals surface area contributed by atoms with E-state index in [1.54, 1.807) is 0 Å². The van der Waals surface area contributed by atoms with Crippen LogP contribution in [0.1, 0.15) is 19.8 Å². The first kappa shape index (κ1) is 12.3. The highest BCUT2D eigenvalue weighted by Crippen LogP contribution is 2.23. The number of benzene rings is 1. The van der Waals surface area contributed by atoms with Crippen molar-refractivity contribution in [1.82, 2.24) is 5.32 Å². The third-order valence-electron chi connectivity index (χ3n) is 2.96. The lowest BCUT2D eigenvalue weighted by atomic mass is 10.0. The second-order valence-corrected chi connectivity index (χ2v) is 4.98. The Kier molecular flexibility index (Phi) is 3.97. The molecule has 0 spiro atoms. The lowest BCUT2D eigenvalue weighted by molar-refractivity contribution is 0.0245. The van der Waals surface area contributed by atoms with E-state index in [9.17, 15) is 0 Å². The van der Waals surface area contributed by atoms with Crippen molar-refractivity contribution in [2.75, 3.05) is 18.5 Å². The topological polar surface area (TPSA) is 33.3 Å². The van der Waals surface area contributed by atoms with Gasteiger partial charge in [0.15, 0.2) is 5.11 Å². The monoisotopic (exact) mass is 250 g/mol. The van der Waals surface area contributed by atoms with E-state index in [-0.39, 0.29) is 5.60 Å². The van der Waals surface area contributed by atoms with Gasteiger partial charge in [0.25, 0.3) is 0 Å². The molecule has 1 heterocycles. The van der Waals surface area contributed by atoms with Crippen LogP contribution in [0.3, 0.4) is 0 Å². The molecule has 1 aromatic rings. The van der Waals surface area contributed by atoms with E-state index >= 15 is 0 Å². The van der Waals surface area contributed by atoms with Gasteiger partial charge in [-0.15, -0.1) is 0 Å². The van der Waals surface area contributed by atoms with E-state index in [1.807, 2.05) is 30.3 Å². The maximum absolute atomic E-state index is 5.69. The maximum atomic E-state index is 5.69. The highest BCUT2D eigenvalue weighted by atomic mass is 32.1. The summed E-state index contributed by atoms with van der Waals surface area (Å²) < 4.78 is 5.69. The van der Waals surface area contributed by atoms with Gasteiger partial charge < -0.3 is 15.4 Å². The summed E-state index contributed by atoms with van der Waals surface area (Å²) in [4.78, 5) is 0. The molecule has 1 aromatic carbocycles. The van der Waals surface area contributed by atoms with Crippen LogP contribution in [0.15, 0.2) is 30.3 Å². The van der Waals surface area contributed by atoms with Gasteiger partial charge in [-0.1, -0.05) is 18.2 Å². The van der Waals surface area contributed by atoms with Crippen LogP contribution in [0.5, 0.6) is 0 Å². The molecule has 17 heavy (non-hydrogen) atoms. The predicted molar refractivity (Wildman–Crippen MR) is 74.3 cm³/mol. The number of hydrogen-bond donors (Lipinski definition) is 2. The summed E-state index contributed by atoms with van der Waals surface area (Å²) in [5.74, 6) is 0. The van der Waals surface area contributed by atoms with Crippen LogP contribution in [0, 0.1) is 0 Å². The average molecular weight is 250 g/mol. The number of para-hydroxylation sites is 1. The fraction of sp³-hybridized carbons (Fsp3) is 0.462. The SMILES string of the molecule is CC1(CNC(=S)Nc2ccccc2)CCCO1. The molecule has 0 aliphatic carbocycles.